The summed E-state index contributed by atoms with van der Waals surface area (Å²) in [5.74, 6) is -0.226. The van der Waals surface area contributed by atoms with Crippen LogP contribution in [-0.2, 0) is 4.79 Å². The fourth-order valence-corrected chi connectivity index (χ4v) is 4.57. The van der Waals surface area contributed by atoms with Gasteiger partial charge in [0, 0.05) is 31.1 Å². The van der Waals surface area contributed by atoms with Crippen LogP contribution in [0.2, 0.25) is 0 Å². The molecule has 8 nitrogen and oxygen atoms in total. The summed E-state index contributed by atoms with van der Waals surface area (Å²) in [6.45, 7) is 3.43. The molecule has 0 atom stereocenters. The van der Waals surface area contributed by atoms with Crippen LogP contribution < -0.4 is 15.8 Å². The Morgan fingerprint density at radius 3 is 2.48 bits per heavy atom. The number of anilines is 1. The summed E-state index contributed by atoms with van der Waals surface area (Å²) in [6, 6.07) is 5.84. The molecule has 1 aliphatic heterocycles. The Morgan fingerprint density at radius 2 is 1.94 bits per heavy atom. The van der Waals surface area contributed by atoms with E-state index in [9.17, 15) is 22.8 Å². The number of rotatable bonds is 6. The maximum absolute atomic E-state index is 12.5. The lowest BCUT2D eigenvalue weighted by Gasteiger charge is -2.58. The molecule has 1 saturated carbocycles. The van der Waals surface area contributed by atoms with E-state index in [2.05, 4.69) is 17.0 Å². The number of carbonyl (C=O) groups is 2. The SMILES string of the molecule is C=CC(=O)N1CC2(CC(n3nc(-c4ccc(OCC(F)(F)F)cc4)c(C(=O)NC)c3N)C2)C1. The Bertz CT molecular complexity index is 1080. The number of hydrogen-bond donors (Lipinski definition) is 2. The molecule has 1 saturated heterocycles. The smallest absolute Gasteiger partial charge is 0.422 e. The minimum absolute atomic E-state index is 0.0162. The fourth-order valence-electron chi connectivity index (χ4n) is 4.57. The molecule has 0 bridgehead atoms. The first-order valence-corrected chi connectivity index (χ1v) is 10.4. The van der Waals surface area contributed by atoms with Gasteiger partial charge in [-0.3, -0.25) is 9.59 Å². The molecule has 2 aliphatic rings. The van der Waals surface area contributed by atoms with Crippen LogP contribution in [0, 0.1) is 5.41 Å². The Labute approximate surface area is 188 Å². The highest BCUT2D eigenvalue weighted by molar-refractivity contribution is 6.04. The number of nitrogens with two attached hydrogens (primary N) is 1. The van der Waals surface area contributed by atoms with Crippen LogP contribution >= 0.6 is 0 Å². The van der Waals surface area contributed by atoms with Gasteiger partial charge in [0.15, 0.2) is 6.61 Å². The molecule has 0 radical (unpaired) electrons. The Kier molecular flexibility index (Phi) is 5.59. The van der Waals surface area contributed by atoms with Crippen molar-refractivity contribution in [3.05, 3.63) is 42.5 Å². The molecule has 176 valence electrons. The summed E-state index contributed by atoms with van der Waals surface area (Å²) >= 11 is 0. The Morgan fingerprint density at radius 1 is 1.30 bits per heavy atom. The Balaban J connectivity index is 1.54. The summed E-state index contributed by atoms with van der Waals surface area (Å²) in [4.78, 5) is 26.0. The van der Waals surface area contributed by atoms with E-state index in [1.54, 1.807) is 9.58 Å². The van der Waals surface area contributed by atoms with Gasteiger partial charge in [0.1, 0.15) is 22.8 Å². The molecule has 1 spiro atoms. The molecule has 2 fully saturated rings. The van der Waals surface area contributed by atoms with Crippen LogP contribution in [0.15, 0.2) is 36.9 Å². The van der Waals surface area contributed by atoms with Gasteiger partial charge in [-0.25, -0.2) is 4.68 Å². The second-order valence-electron chi connectivity index (χ2n) is 8.52. The van der Waals surface area contributed by atoms with Crippen LogP contribution in [0.4, 0.5) is 19.0 Å². The average molecular weight is 463 g/mol. The zero-order valence-corrected chi connectivity index (χ0v) is 18.0. The van der Waals surface area contributed by atoms with Crippen molar-refractivity contribution in [1.82, 2.24) is 20.0 Å². The standard InChI is InChI=1S/C22H24F3N5O3/c1-3-16(31)29-10-21(11-29)8-14(9-21)30-19(26)17(20(32)27-2)18(28-30)13-4-6-15(7-5-13)33-12-22(23,24)25/h3-7,14H,1,8-12,26H2,2H3,(H,27,32). The van der Waals surface area contributed by atoms with Gasteiger partial charge >= 0.3 is 6.18 Å². The molecule has 4 rings (SSSR count). The third kappa shape index (κ3) is 4.27. The zero-order chi connectivity index (χ0) is 24.0. The van der Waals surface area contributed by atoms with Gasteiger partial charge in [-0.05, 0) is 43.2 Å². The summed E-state index contributed by atoms with van der Waals surface area (Å²) < 4.78 is 43.5. The van der Waals surface area contributed by atoms with Crippen LogP contribution in [-0.4, -0.2) is 59.4 Å². The molecule has 3 N–H and O–H groups in total. The van der Waals surface area contributed by atoms with E-state index in [1.807, 2.05) is 0 Å². The van der Waals surface area contributed by atoms with Gasteiger partial charge in [0.05, 0.1) is 6.04 Å². The maximum Gasteiger partial charge on any atom is 0.422 e. The number of ether oxygens (including phenoxy) is 1. The number of amides is 2. The lowest BCUT2D eigenvalue weighted by molar-refractivity contribution is -0.153. The van der Waals surface area contributed by atoms with Gasteiger partial charge in [0.2, 0.25) is 5.91 Å². The molecule has 2 heterocycles. The predicted molar refractivity (Wildman–Crippen MR) is 114 cm³/mol. The van der Waals surface area contributed by atoms with Gasteiger partial charge in [-0.15, -0.1) is 0 Å². The van der Waals surface area contributed by atoms with Crippen LogP contribution in [0.3, 0.4) is 0 Å². The summed E-state index contributed by atoms with van der Waals surface area (Å²) in [6.07, 6.45) is -1.59. The first-order valence-electron chi connectivity index (χ1n) is 10.4. The zero-order valence-electron chi connectivity index (χ0n) is 18.0. The van der Waals surface area contributed by atoms with E-state index >= 15 is 0 Å². The summed E-state index contributed by atoms with van der Waals surface area (Å²) in [5, 5.41) is 7.15. The largest absolute Gasteiger partial charge is 0.484 e. The Hall–Kier alpha value is -3.50. The van der Waals surface area contributed by atoms with Crippen molar-refractivity contribution in [2.75, 3.05) is 32.5 Å². The molecule has 33 heavy (non-hydrogen) atoms. The first kappa shape index (κ1) is 22.7. The number of nitrogens with one attached hydrogen (secondary N) is 1. The highest BCUT2D eigenvalue weighted by Crippen LogP contribution is 2.55. The number of carbonyl (C=O) groups excluding carboxylic acids is 2. The molecule has 0 unspecified atom stereocenters. The van der Waals surface area contributed by atoms with Gasteiger partial charge < -0.3 is 20.7 Å². The number of likely N-dealkylation sites (tertiary alicyclic amines) is 1. The molecule has 1 aliphatic carbocycles. The van der Waals surface area contributed by atoms with Crippen molar-refractivity contribution in [2.45, 2.75) is 25.1 Å². The lowest BCUT2D eigenvalue weighted by Crippen LogP contribution is -2.63. The fraction of sp³-hybridized carbons (Fsp3) is 0.409. The molecular weight excluding hydrogens is 439 g/mol. The first-order chi connectivity index (χ1) is 15.6. The number of nitrogen functional groups attached to an aromatic ring is 1. The summed E-state index contributed by atoms with van der Waals surface area (Å²) in [7, 11) is 1.48. The predicted octanol–water partition coefficient (Wildman–Crippen LogP) is 2.78. The molecule has 2 amide bonds. The molecule has 1 aromatic heterocycles. The van der Waals surface area contributed by atoms with E-state index < -0.39 is 18.7 Å². The minimum Gasteiger partial charge on any atom is -0.484 e. The molecule has 2 aromatic rings. The van der Waals surface area contributed by atoms with Crippen molar-refractivity contribution >= 4 is 17.6 Å². The summed E-state index contributed by atoms with van der Waals surface area (Å²) in [5.41, 5.74) is 7.42. The van der Waals surface area contributed by atoms with Gasteiger partial charge in [-0.2, -0.15) is 18.3 Å². The second-order valence-corrected chi connectivity index (χ2v) is 8.52. The number of nitrogens with zero attached hydrogens (tertiary/aromatic N) is 3. The number of benzene rings is 1. The van der Waals surface area contributed by atoms with Crippen molar-refractivity contribution in [3.8, 4) is 17.0 Å². The van der Waals surface area contributed by atoms with Gasteiger partial charge in [0.25, 0.3) is 5.91 Å². The van der Waals surface area contributed by atoms with Crippen LogP contribution in [0.25, 0.3) is 11.3 Å². The van der Waals surface area contributed by atoms with E-state index in [4.69, 9.17) is 10.5 Å². The van der Waals surface area contributed by atoms with Crippen molar-refractivity contribution in [1.29, 1.82) is 0 Å². The van der Waals surface area contributed by atoms with E-state index in [1.165, 1.54) is 37.4 Å². The number of hydrogen-bond acceptors (Lipinski definition) is 5. The number of aromatic nitrogens is 2. The van der Waals surface area contributed by atoms with Crippen molar-refractivity contribution in [2.24, 2.45) is 5.41 Å². The normalized spacial score (nSPS) is 17.3. The molecule has 1 aromatic carbocycles. The number of halogens is 3. The minimum atomic E-state index is -4.44. The van der Waals surface area contributed by atoms with Gasteiger partial charge in [-0.1, -0.05) is 6.58 Å². The van der Waals surface area contributed by atoms with E-state index in [0.29, 0.717) is 24.3 Å². The number of alkyl halides is 3. The van der Waals surface area contributed by atoms with Crippen molar-refractivity contribution < 1.29 is 27.5 Å². The maximum atomic E-state index is 12.5. The van der Waals surface area contributed by atoms with E-state index in [0.717, 1.165) is 12.8 Å². The lowest BCUT2D eigenvalue weighted by atomic mass is 9.60. The highest BCUT2D eigenvalue weighted by atomic mass is 19.4. The quantitative estimate of drug-likeness (QED) is 0.642. The highest BCUT2D eigenvalue weighted by Gasteiger charge is 2.54. The topological polar surface area (TPSA) is 102 Å². The molecule has 11 heteroatoms. The van der Waals surface area contributed by atoms with Crippen LogP contribution in [0.1, 0.15) is 29.2 Å². The van der Waals surface area contributed by atoms with Crippen molar-refractivity contribution in [3.63, 3.8) is 0 Å². The van der Waals surface area contributed by atoms with E-state index in [-0.39, 0.29) is 34.5 Å². The monoisotopic (exact) mass is 463 g/mol. The average Bonchev–Trinajstić information content (AvgIpc) is 3.06. The third-order valence-corrected chi connectivity index (χ3v) is 6.15. The second kappa shape index (κ2) is 8.13. The third-order valence-electron chi connectivity index (χ3n) is 6.15. The molecular formula is C22H24F3N5O3. The van der Waals surface area contributed by atoms with Crippen LogP contribution in [0.5, 0.6) is 5.75 Å².